The number of anilines is 1. The topological polar surface area (TPSA) is 97.4 Å². The van der Waals surface area contributed by atoms with Crippen molar-refractivity contribution in [3.8, 4) is 0 Å². The number of carboxylic acid groups (broad SMARTS) is 1. The molecule has 0 saturated heterocycles. The summed E-state index contributed by atoms with van der Waals surface area (Å²) in [4.78, 5) is 22.9. The summed E-state index contributed by atoms with van der Waals surface area (Å²) >= 11 is 0. The summed E-state index contributed by atoms with van der Waals surface area (Å²) in [5.74, 6) is -1.16. The lowest BCUT2D eigenvalue weighted by atomic mass is 10.1. The van der Waals surface area contributed by atoms with Crippen molar-refractivity contribution in [3.63, 3.8) is 0 Å². The highest BCUT2D eigenvalue weighted by molar-refractivity contribution is 5.90. The van der Waals surface area contributed by atoms with Crippen LogP contribution in [-0.2, 0) is 21.5 Å². The first-order chi connectivity index (χ1) is 9.89. The number of nitrogens with one attached hydrogen (secondary N) is 1. The maximum atomic E-state index is 11.8. The second-order valence-electron chi connectivity index (χ2n) is 5.22. The molecule has 7 nitrogen and oxygen atoms in total. The number of aryl methyl sites for hydroxylation is 1. The van der Waals surface area contributed by atoms with Crippen LogP contribution in [0.3, 0.4) is 0 Å². The fraction of sp³-hybridized carbons (Fsp3) is 0.357. The number of aliphatic carboxylic acids is 1. The van der Waals surface area contributed by atoms with Gasteiger partial charge in [-0.15, -0.1) is 0 Å². The predicted molar refractivity (Wildman–Crippen MR) is 74.8 cm³/mol. The summed E-state index contributed by atoms with van der Waals surface area (Å²) in [6.45, 7) is 3.07. The molecule has 0 unspecified atom stereocenters. The highest BCUT2D eigenvalue weighted by Crippen LogP contribution is 2.17. The first-order valence-corrected chi connectivity index (χ1v) is 6.49. The molecular formula is C14H17N3O4. The van der Waals surface area contributed by atoms with E-state index in [2.05, 4.69) is 10.4 Å². The minimum atomic E-state index is -1.17. The monoisotopic (exact) mass is 291 g/mol. The van der Waals surface area contributed by atoms with Gasteiger partial charge in [-0.3, -0.25) is 9.48 Å². The normalized spacial score (nSPS) is 11.3. The van der Waals surface area contributed by atoms with Crippen molar-refractivity contribution in [1.29, 1.82) is 0 Å². The van der Waals surface area contributed by atoms with Gasteiger partial charge in [0.2, 0.25) is 5.91 Å². The Morgan fingerprint density at radius 3 is 2.86 bits per heavy atom. The number of rotatable bonds is 6. The second kappa shape index (κ2) is 5.82. The van der Waals surface area contributed by atoms with Crippen molar-refractivity contribution in [2.24, 2.45) is 0 Å². The van der Waals surface area contributed by atoms with Crippen LogP contribution in [0.15, 0.2) is 35.4 Å². The summed E-state index contributed by atoms with van der Waals surface area (Å²) < 4.78 is 6.23. The quantitative estimate of drug-likeness (QED) is 0.846. The lowest BCUT2D eigenvalue weighted by Gasteiger charge is -2.19. The molecule has 2 aromatic heterocycles. The van der Waals surface area contributed by atoms with Crippen molar-refractivity contribution in [2.75, 3.05) is 5.32 Å². The molecule has 2 N–H and O–H groups in total. The molecule has 0 saturated carbocycles. The van der Waals surface area contributed by atoms with Crippen LogP contribution in [0, 0.1) is 0 Å². The molecule has 2 aromatic rings. The van der Waals surface area contributed by atoms with E-state index >= 15 is 0 Å². The molecule has 1 amide bonds. The van der Waals surface area contributed by atoms with Gasteiger partial charge in [0, 0.05) is 12.6 Å². The molecule has 0 aromatic carbocycles. The molecular weight excluding hydrogens is 274 g/mol. The molecule has 112 valence electrons. The van der Waals surface area contributed by atoms with Crippen molar-refractivity contribution >= 4 is 17.6 Å². The summed E-state index contributed by atoms with van der Waals surface area (Å²) in [5, 5.41) is 15.8. The lowest BCUT2D eigenvalue weighted by Crippen LogP contribution is -2.35. The summed E-state index contributed by atoms with van der Waals surface area (Å²) in [6.07, 6.45) is 6.99. The van der Waals surface area contributed by atoms with Crippen LogP contribution >= 0.6 is 0 Å². The van der Waals surface area contributed by atoms with Gasteiger partial charge < -0.3 is 14.8 Å². The van der Waals surface area contributed by atoms with Gasteiger partial charge in [-0.05, 0) is 31.9 Å². The van der Waals surface area contributed by atoms with Crippen LogP contribution in [0.1, 0.15) is 25.8 Å². The van der Waals surface area contributed by atoms with E-state index in [1.165, 1.54) is 30.9 Å². The Balaban J connectivity index is 1.93. The Bertz CT molecular complexity index is 628. The summed E-state index contributed by atoms with van der Waals surface area (Å²) in [5.41, 5.74) is 0.258. The first kappa shape index (κ1) is 14.8. The number of nitrogens with zero attached hydrogens (tertiary/aromatic N) is 2. The van der Waals surface area contributed by atoms with E-state index in [1.54, 1.807) is 18.6 Å². The van der Waals surface area contributed by atoms with Crippen molar-refractivity contribution in [1.82, 2.24) is 9.78 Å². The molecule has 0 spiro atoms. The van der Waals surface area contributed by atoms with Crippen LogP contribution in [0.5, 0.6) is 0 Å². The third-order valence-corrected chi connectivity index (χ3v) is 3.18. The molecule has 0 fully saturated rings. The molecule has 0 radical (unpaired) electrons. The maximum absolute atomic E-state index is 11.8. The predicted octanol–water partition coefficient (Wildman–Crippen LogP) is 1.87. The first-order valence-electron chi connectivity index (χ1n) is 6.49. The Morgan fingerprint density at radius 2 is 2.24 bits per heavy atom. The van der Waals surface area contributed by atoms with Gasteiger partial charge in [0.05, 0.1) is 24.4 Å². The Labute approximate surface area is 121 Å². The van der Waals surface area contributed by atoms with Crippen molar-refractivity contribution in [2.45, 2.75) is 32.2 Å². The number of carboxylic acids is 1. The van der Waals surface area contributed by atoms with Gasteiger partial charge in [-0.25, -0.2) is 4.79 Å². The van der Waals surface area contributed by atoms with E-state index in [0.717, 1.165) is 5.56 Å². The number of hydrogen-bond donors (Lipinski definition) is 2. The Hall–Kier alpha value is -2.57. The van der Waals surface area contributed by atoms with E-state index in [1.807, 2.05) is 0 Å². The smallest absolute Gasteiger partial charge is 0.331 e. The summed E-state index contributed by atoms with van der Waals surface area (Å²) in [6, 6.07) is 1.81. The van der Waals surface area contributed by atoms with E-state index in [4.69, 9.17) is 9.52 Å². The Kier molecular flexibility index (Phi) is 4.11. The minimum Gasteiger partial charge on any atom is -0.479 e. The van der Waals surface area contributed by atoms with E-state index in [-0.39, 0.29) is 5.91 Å². The van der Waals surface area contributed by atoms with Gasteiger partial charge in [-0.1, -0.05) is 0 Å². The number of amides is 1. The van der Waals surface area contributed by atoms with Crippen molar-refractivity contribution < 1.29 is 19.1 Å². The van der Waals surface area contributed by atoms with Crippen LogP contribution in [0.4, 0.5) is 5.69 Å². The standard InChI is InChI=1S/C14H17N3O4/c1-14(2,13(19)20)17-8-11(7-15-17)16-12(18)4-3-10-5-6-21-9-10/h5-9H,3-4H2,1-2H3,(H,16,18)(H,19,20). The van der Waals surface area contributed by atoms with Gasteiger partial charge in [0.1, 0.15) is 0 Å². The zero-order chi connectivity index (χ0) is 15.5. The third kappa shape index (κ3) is 3.50. The molecule has 21 heavy (non-hydrogen) atoms. The average Bonchev–Trinajstić information content (AvgIpc) is 3.07. The van der Waals surface area contributed by atoms with Gasteiger partial charge in [0.25, 0.3) is 0 Å². The molecule has 0 aliphatic rings. The zero-order valence-corrected chi connectivity index (χ0v) is 11.9. The molecule has 2 rings (SSSR count). The minimum absolute atomic E-state index is 0.163. The molecule has 2 heterocycles. The summed E-state index contributed by atoms with van der Waals surface area (Å²) in [7, 11) is 0. The maximum Gasteiger partial charge on any atom is 0.331 e. The highest BCUT2D eigenvalue weighted by Gasteiger charge is 2.30. The number of carbonyl (C=O) groups excluding carboxylic acids is 1. The molecule has 0 bridgehead atoms. The van der Waals surface area contributed by atoms with Gasteiger partial charge in [-0.2, -0.15) is 5.10 Å². The number of carbonyl (C=O) groups is 2. The van der Waals surface area contributed by atoms with Crippen LogP contribution in [-0.4, -0.2) is 26.8 Å². The van der Waals surface area contributed by atoms with E-state index < -0.39 is 11.5 Å². The lowest BCUT2D eigenvalue weighted by molar-refractivity contribution is -0.146. The average molecular weight is 291 g/mol. The van der Waals surface area contributed by atoms with Crippen molar-refractivity contribution in [3.05, 3.63) is 36.5 Å². The van der Waals surface area contributed by atoms with Crippen LogP contribution in [0.2, 0.25) is 0 Å². The van der Waals surface area contributed by atoms with E-state index in [0.29, 0.717) is 18.5 Å². The van der Waals surface area contributed by atoms with E-state index in [9.17, 15) is 9.59 Å². The number of furan rings is 1. The zero-order valence-electron chi connectivity index (χ0n) is 11.9. The molecule has 7 heteroatoms. The third-order valence-electron chi connectivity index (χ3n) is 3.18. The molecule has 0 atom stereocenters. The highest BCUT2D eigenvalue weighted by atomic mass is 16.4. The molecule has 0 aliphatic carbocycles. The van der Waals surface area contributed by atoms with Crippen LogP contribution in [0.25, 0.3) is 0 Å². The SMILES string of the molecule is CC(C)(C(=O)O)n1cc(NC(=O)CCc2ccoc2)cn1. The van der Waals surface area contributed by atoms with Gasteiger partial charge in [0.15, 0.2) is 5.54 Å². The number of aromatic nitrogens is 2. The largest absolute Gasteiger partial charge is 0.479 e. The fourth-order valence-corrected chi connectivity index (χ4v) is 1.71. The molecule has 0 aliphatic heterocycles. The number of hydrogen-bond acceptors (Lipinski definition) is 4. The fourth-order valence-electron chi connectivity index (χ4n) is 1.71. The van der Waals surface area contributed by atoms with Gasteiger partial charge >= 0.3 is 5.97 Å². The van der Waals surface area contributed by atoms with Crippen LogP contribution < -0.4 is 5.32 Å². The second-order valence-corrected chi connectivity index (χ2v) is 5.22. The Morgan fingerprint density at radius 1 is 1.48 bits per heavy atom.